The van der Waals surface area contributed by atoms with Crippen LogP contribution in [0.1, 0.15) is 0 Å². The van der Waals surface area contributed by atoms with E-state index in [1.807, 2.05) is 0 Å². The summed E-state index contributed by atoms with van der Waals surface area (Å²) in [6.07, 6.45) is 0. The summed E-state index contributed by atoms with van der Waals surface area (Å²) in [5.74, 6) is 0. The number of hydrogen-bond acceptors (Lipinski definition) is 3. The van der Waals surface area contributed by atoms with Gasteiger partial charge in [0.1, 0.15) is 0 Å². The molecule has 0 amide bonds. The van der Waals surface area contributed by atoms with E-state index in [9.17, 15) is 0 Å². The standard InChI is InChI=1S/3C12H10I.3O.Sb/c3*1-3-7-11(8-4-1)13-12-9-5-2-6-10-12;;;;/h3*1-10H;;;;/q3*+1;3*-1;. The number of benzene rings is 6. The van der Waals surface area contributed by atoms with Crippen LogP contribution in [-0.2, 0) is 0 Å². The Kier molecular flexibility index (Phi) is 18.8. The molecule has 0 heterocycles. The molecule has 7 heteroatoms. The van der Waals surface area contributed by atoms with Crippen molar-refractivity contribution < 1.29 is 73.8 Å². The van der Waals surface area contributed by atoms with Crippen LogP contribution in [0.2, 0.25) is 0 Å². The van der Waals surface area contributed by atoms with Gasteiger partial charge in [0.05, 0.1) is 0 Å². The van der Waals surface area contributed by atoms with E-state index in [-0.39, 0.29) is 63.6 Å². The summed E-state index contributed by atoms with van der Waals surface area (Å²) in [4.78, 5) is 0. The summed E-state index contributed by atoms with van der Waals surface area (Å²) < 4.78 is 34.7. The Hall–Kier alpha value is -1.79. The number of rotatable bonds is 6. The molecule has 0 N–H and O–H groups in total. The van der Waals surface area contributed by atoms with Crippen molar-refractivity contribution in [2.24, 2.45) is 0 Å². The fourth-order valence-corrected chi connectivity index (χ4v) is 10.1. The van der Waals surface area contributed by atoms with Gasteiger partial charge in [0, 0.05) is 0 Å². The van der Waals surface area contributed by atoms with E-state index in [4.69, 9.17) is 10.2 Å². The predicted octanol–water partition coefficient (Wildman–Crippen LogP) is -4.50. The Morgan fingerprint density at radius 1 is 0.256 bits per heavy atom. The molecule has 0 spiro atoms. The fraction of sp³-hybridized carbons (Fsp3) is 0. The molecule has 0 atom stereocenters. The van der Waals surface area contributed by atoms with Gasteiger partial charge >= 0.3 is 95.2 Å². The molecule has 0 aliphatic carbocycles. The van der Waals surface area contributed by atoms with Crippen molar-refractivity contribution in [1.29, 1.82) is 0 Å². The Labute approximate surface area is 295 Å². The molecule has 6 aromatic carbocycles. The minimum absolute atomic E-state index is 0.0287. The summed E-state index contributed by atoms with van der Waals surface area (Å²) in [6, 6.07) is 64.2. The zero-order chi connectivity index (χ0) is 30.4. The summed E-state index contributed by atoms with van der Waals surface area (Å²) in [5, 5.41) is 0. The van der Waals surface area contributed by atoms with Crippen LogP contribution < -0.4 is 73.8 Å². The third-order valence-electron chi connectivity index (χ3n) is 5.05. The van der Waals surface area contributed by atoms with Gasteiger partial charge in [-0.25, -0.2) is 0 Å². The fourth-order valence-electron chi connectivity index (χ4n) is 3.24. The Balaban J connectivity index is 0.000000166. The third kappa shape index (κ3) is 17.3. The van der Waals surface area contributed by atoms with Crippen LogP contribution in [0.3, 0.4) is 0 Å². The molecule has 6 rings (SSSR count). The van der Waals surface area contributed by atoms with Crippen LogP contribution in [0, 0.1) is 21.4 Å². The van der Waals surface area contributed by atoms with Gasteiger partial charge in [0.25, 0.3) is 0 Å². The van der Waals surface area contributed by atoms with E-state index >= 15 is 0 Å². The van der Waals surface area contributed by atoms with Gasteiger partial charge in [0.15, 0.2) is 21.4 Å². The monoisotopic (exact) mass is 1010 g/mol. The molecule has 0 saturated carbocycles. The number of halogens is 3. The van der Waals surface area contributed by atoms with Gasteiger partial charge in [-0.15, -0.1) is 0 Å². The Morgan fingerprint density at radius 3 is 0.488 bits per heavy atom. The zero-order valence-corrected chi connectivity index (χ0v) is 32.2. The molecule has 0 aliphatic rings. The Bertz CT molecular complexity index is 1200. The zero-order valence-electron chi connectivity index (χ0n) is 23.1. The molecule has 0 bridgehead atoms. The summed E-state index contributed by atoms with van der Waals surface area (Å²) in [7, 11) is 0. The maximum Gasteiger partial charge on any atom is 0.357 e. The minimum atomic E-state index is -4.20. The van der Waals surface area contributed by atoms with E-state index in [1.165, 1.54) is 21.4 Å². The molecule has 218 valence electrons. The van der Waals surface area contributed by atoms with Crippen molar-refractivity contribution >= 4 is 21.5 Å². The second-order valence-corrected chi connectivity index (χ2v) is 18.6. The van der Waals surface area contributed by atoms with Gasteiger partial charge in [-0.05, 0) is 72.8 Å². The van der Waals surface area contributed by atoms with Crippen LogP contribution in [0.4, 0.5) is 0 Å². The molecule has 3 nitrogen and oxygen atoms in total. The molecule has 0 unspecified atom stereocenters. The van der Waals surface area contributed by atoms with Crippen LogP contribution in [0.15, 0.2) is 182 Å². The number of hydrogen-bond donors (Lipinski definition) is 0. The summed E-state index contributed by atoms with van der Waals surface area (Å²) >= 11 is -4.11. The van der Waals surface area contributed by atoms with E-state index in [0.717, 1.165) is 0 Å². The second kappa shape index (κ2) is 22.7. The quantitative estimate of drug-likeness (QED) is 0.125. The summed E-state index contributed by atoms with van der Waals surface area (Å²) in [6.45, 7) is 0. The molecule has 0 fully saturated rings. The van der Waals surface area contributed by atoms with Gasteiger partial charge in [-0.1, -0.05) is 109 Å². The molecule has 0 saturated heterocycles. The molecule has 43 heavy (non-hydrogen) atoms. The maximum absolute atomic E-state index is 8.60. The van der Waals surface area contributed by atoms with Crippen molar-refractivity contribution in [2.45, 2.75) is 0 Å². The molecular weight excluding hydrogens is 983 g/mol. The normalized spacial score (nSPS) is 9.77. The average molecular weight is 1010 g/mol. The SMILES string of the molecule is [O-][Sb]([O-])[O-].c1ccc([I+]c2ccccc2)cc1.c1ccc([I+]c2ccccc2)cc1.c1ccc([I+]c2ccccc2)cc1. The van der Waals surface area contributed by atoms with Gasteiger partial charge in [-0.2, -0.15) is 0 Å². The van der Waals surface area contributed by atoms with Crippen molar-refractivity contribution in [3.8, 4) is 0 Å². The van der Waals surface area contributed by atoms with Gasteiger partial charge in [0.2, 0.25) is 0 Å². The first-order valence-corrected chi connectivity index (χ1v) is 22.7. The van der Waals surface area contributed by atoms with E-state index < -0.39 is 21.5 Å². The first kappa shape index (κ1) is 35.7. The first-order chi connectivity index (χ1) is 21.1. The van der Waals surface area contributed by atoms with Crippen molar-refractivity contribution in [2.75, 3.05) is 0 Å². The average Bonchev–Trinajstić information content (AvgIpc) is 3.05. The summed E-state index contributed by atoms with van der Waals surface area (Å²) in [5.41, 5.74) is 0. The van der Waals surface area contributed by atoms with Crippen molar-refractivity contribution in [3.05, 3.63) is 203 Å². The predicted molar refractivity (Wildman–Crippen MR) is 157 cm³/mol. The van der Waals surface area contributed by atoms with Crippen molar-refractivity contribution in [3.63, 3.8) is 0 Å². The smallest absolute Gasteiger partial charge is 0.0619 e. The van der Waals surface area contributed by atoms with Crippen LogP contribution in [-0.4, -0.2) is 21.5 Å². The van der Waals surface area contributed by atoms with Gasteiger partial charge < -0.3 is 0 Å². The first-order valence-electron chi connectivity index (χ1n) is 13.1. The maximum atomic E-state index is 8.60. The topological polar surface area (TPSA) is 69.2 Å². The second-order valence-electron chi connectivity index (χ2n) is 8.28. The van der Waals surface area contributed by atoms with E-state index in [1.54, 1.807) is 0 Å². The molecule has 0 aromatic heterocycles. The van der Waals surface area contributed by atoms with Crippen LogP contribution in [0.5, 0.6) is 0 Å². The van der Waals surface area contributed by atoms with Crippen LogP contribution >= 0.6 is 0 Å². The molecule has 0 radical (unpaired) electrons. The van der Waals surface area contributed by atoms with Crippen molar-refractivity contribution in [1.82, 2.24) is 0 Å². The largest absolute Gasteiger partial charge is 0.357 e. The van der Waals surface area contributed by atoms with Crippen LogP contribution in [0.25, 0.3) is 0 Å². The van der Waals surface area contributed by atoms with E-state index in [0.29, 0.717) is 0 Å². The Morgan fingerprint density at radius 2 is 0.372 bits per heavy atom. The molecule has 0 aliphatic heterocycles. The minimum Gasteiger partial charge on any atom is -0.0619 e. The van der Waals surface area contributed by atoms with Gasteiger partial charge in [-0.3, -0.25) is 0 Å². The molecular formula is C36H30I3O3Sb. The molecule has 6 aromatic rings. The van der Waals surface area contributed by atoms with E-state index in [2.05, 4.69) is 182 Å². The third-order valence-corrected chi connectivity index (χ3v) is 13.1.